The fourth-order valence-corrected chi connectivity index (χ4v) is 3.13. The average molecular weight is 404 g/mol. The molecule has 0 aliphatic heterocycles. The van der Waals surface area contributed by atoms with E-state index in [2.05, 4.69) is 15.3 Å². The normalized spacial score (nSPS) is 11.5. The van der Waals surface area contributed by atoms with Crippen LogP contribution in [-0.4, -0.2) is 40.3 Å². The maximum atomic E-state index is 12.6. The van der Waals surface area contributed by atoms with Crippen molar-refractivity contribution in [3.8, 4) is 5.75 Å². The van der Waals surface area contributed by atoms with Crippen molar-refractivity contribution < 1.29 is 19.1 Å². The molecule has 0 unspecified atom stereocenters. The van der Waals surface area contributed by atoms with Gasteiger partial charge in [-0.05, 0) is 44.5 Å². The molecule has 0 fully saturated rings. The van der Waals surface area contributed by atoms with Crippen molar-refractivity contribution in [2.24, 2.45) is 0 Å². The first-order chi connectivity index (χ1) is 13.5. The SMILES string of the molecule is CCOC(=O)c1cnc(S[C@H](CC)C(=O)Nc2ccc(OCC)cc2)nc1N. The predicted molar refractivity (Wildman–Crippen MR) is 109 cm³/mol. The lowest BCUT2D eigenvalue weighted by Gasteiger charge is -2.14. The minimum atomic E-state index is -0.572. The monoisotopic (exact) mass is 404 g/mol. The van der Waals surface area contributed by atoms with Crippen LogP contribution in [0.2, 0.25) is 0 Å². The van der Waals surface area contributed by atoms with Crippen LogP contribution in [0.25, 0.3) is 0 Å². The van der Waals surface area contributed by atoms with Gasteiger partial charge >= 0.3 is 5.97 Å². The van der Waals surface area contributed by atoms with E-state index in [-0.39, 0.29) is 23.9 Å². The van der Waals surface area contributed by atoms with E-state index in [4.69, 9.17) is 15.2 Å². The second-order valence-electron chi connectivity index (χ2n) is 5.63. The van der Waals surface area contributed by atoms with E-state index in [1.165, 1.54) is 18.0 Å². The van der Waals surface area contributed by atoms with Crippen LogP contribution in [0.1, 0.15) is 37.6 Å². The van der Waals surface area contributed by atoms with Gasteiger partial charge in [-0.2, -0.15) is 0 Å². The molecule has 1 amide bonds. The molecular formula is C19H24N4O4S. The summed E-state index contributed by atoms with van der Waals surface area (Å²) in [4.78, 5) is 32.6. The Hall–Kier alpha value is -2.81. The Labute approximate surface area is 168 Å². The highest BCUT2D eigenvalue weighted by Gasteiger charge is 2.21. The van der Waals surface area contributed by atoms with Crippen molar-refractivity contribution in [1.82, 2.24) is 9.97 Å². The third kappa shape index (κ3) is 5.85. The van der Waals surface area contributed by atoms with E-state index in [0.717, 1.165) is 5.75 Å². The van der Waals surface area contributed by atoms with Gasteiger partial charge in [0.2, 0.25) is 5.91 Å². The van der Waals surface area contributed by atoms with Crippen molar-refractivity contribution in [2.45, 2.75) is 37.6 Å². The summed E-state index contributed by atoms with van der Waals surface area (Å²) in [5.74, 6) is 0.0235. The standard InChI is InChI=1S/C19H24N4O4S/c1-4-15(17(24)22-12-7-9-13(10-8-12)26-5-2)28-19-21-11-14(16(20)23-19)18(25)27-6-3/h7-11,15H,4-6H2,1-3H3,(H,22,24)(H2,20,21,23)/t15-/m1/s1. The fourth-order valence-electron chi connectivity index (χ4n) is 2.27. The van der Waals surface area contributed by atoms with E-state index >= 15 is 0 Å². The highest BCUT2D eigenvalue weighted by molar-refractivity contribution is 8.00. The van der Waals surface area contributed by atoms with Gasteiger partial charge in [0, 0.05) is 11.9 Å². The van der Waals surface area contributed by atoms with Gasteiger partial charge in [0.05, 0.1) is 18.5 Å². The number of rotatable bonds is 9. The number of carbonyl (C=O) groups excluding carboxylic acids is 2. The van der Waals surface area contributed by atoms with Crippen LogP contribution in [0.15, 0.2) is 35.6 Å². The van der Waals surface area contributed by atoms with Crippen LogP contribution in [0.3, 0.4) is 0 Å². The second kappa shape index (κ2) is 10.5. The molecule has 3 N–H and O–H groups in total. The molecule has 150 valence electrons. The molecule has 2 rings (SSSR count). The third-order valence-corrected chi connectivity index (χ3v) is 4.87. The molecule has 2 aromatic rings. The number of thioether (sulfide) groups is 1. The molecule has 1 aromatic heterocycles. The zero-order valence-corrected chi connectivity index (χ0v) is 16.9. The first-order valence-corrected chi connectivity index (χ1v) is 9.86. The first-order valence-electron chi connectivity index (χ1n) is 8.98. The average Bonchev–Trinajstić information content (AvgIpc) is 2.68. The van der Waals surface area contributed by atoms with Crippen molar-refractivity contribution in [2.75, 3.05) is 24.3 Å². The smallest absolute Gasteiger partial charge is 0.343 e. The number of anilines is 2. The number of nitrogens with two attached hydrogens (primary N) is 1. The fraction of sp³-hybridized carbons (Fsp3) is 0.368. The van der Waals surface area contributed by atoms with Crippen molar-refractivity contribution in [3.05, 3.63) is 36.0 Å². The number of aromatic nitrogens is 2. The number of ether oxygens (including phenoxy) is 2. The number of nitrogens with zero attached hydrogens (tertiary/aromatic N) is 2. The molecule has 0 bridgehead atoms. The lowest BCUT2D eigenvalue weighted by Crippen LogP contribution is -2.25. The Morgan fingerprint density at radius 2 is 1.89 bits per heavy atom. The number of hydrogen-bond donors (Lipinski definition) is 2. The Balaban J connectivity index is 2.03. The van der Waals surface area contributed by atoms with Gasteiger partial charge in [-0.1, -0.05) is 18.7 Å². The molecule has 0 radical (unpaired) electrons. The molecule has 9 heteroatoms. The number of nitrogens with one attached hydrogen (secondary N) is 1. The zero-order chi connectivity index (χ0) is 20.5. The van der Waals surface area contributed by atoms with Crippen molar-refractivity contribution >= 4 is 35.1 Å². The van der Waals surface area contributed by atoms with Gasteiger partial charge in [0.15, 0.2) is 5.16 Å². The quantitative estimate of drug-likeness (QED) is 0.372. The zero-order valence-electron chi connectivity index (χ0n) is 16.1. The van der Waals surface area contributed by atoms with Crippen LogP contribution in [0, 0.1) is 0 Å². The molecule has 1 aromatic carbocycles. The third-order valence-electron chi connectivity index (χ3n) is 3.64. The number of nitrogen functional groups attached to an aromatic ring is 1. The number of benzene rings is 1. The summed E-state index contributed by atoms with van der Waals surface area (Å²) in [6.45, 7) is 6.32. The molecule has 8 nitrogen and oxygen atoms in total. The number of amides is 1. The summed E-state index contributed by atoms with van der Waals surface area (Å²) in [6, 6.07) is 7.15. The molecule has 0 aliphatic carbocycles. The van der Waals surface area contributed by atoms with Crippen molar-refractivity contribution in [1.29, 1.82) is 0 Å². The maximum Gasteiger partial charge on any atom is 0.343 e. The molecule has 1 heterocycles. The summed E-state index contributed by atoms with van der Waals surface area (Å²) < 4.78 is 10.3. The summed E-state index contributed by atoms with van der Waals surface area (Å²) >= 11 is 1.18. The van der Waals surface area contributed by atoms with Gasteiger partial charge in [-0.3, -0.25) is 4.79 Å². The van der Waals surface area contributed by atoms with Gasteiger partial charge in [-0.15, -0.1) is 0 Å². The second-order valence-corrected chi connectivity index (χ2v) is 6.80. The minimum absolute atomic E-state index is 0.0257. The highest BCUT2D eigenvalue weighted by atomic mass is 32.2. The van der Waals surface area contributed by atoms with E-state index < -0.39 is 11.2 Å². The number of esters is 1. The van der Waals surface area contributed by atoms with Gasteiger partial charge in [0.1, 0.15) is 17.1 Å². The number of hydrogen-bond acceptors (Lipinski definition) is 8. The largest absolute Gasteiger partial charge is 0.494 e. The number of carbonyl (C=O) groups is 2. The summed E-state index contributed by atoms with van der Waals surface area (Å²) in [5, 5.41) is 2.77. The lowest BCUT2D eigenvalue weighted by atomic mass is 10.2. The molecule has 0 aliphatic rings. The van der Waals surface area contributed by atoms with Crippen LogP contribution < -0.4 is 15.8 Å². The van der Waals surface area contributed by atoms with Crippen LogP contribution in [-0.2, 0) is 9.53 Å². The van der Waals surface area contributed by atoms with Gasteiger partial charge in [0.25, 0.3) is 0 Å². The molecule has 0 saturated carbocycles. The van der Waals surface area contributed by atoms with E-state index in [9.17, 15) is 9.59 Å². The minimum Gasteiger partial charge on any atom is -0.494 e. The van der Waals surface area contributed by atoms with Crippen molar-refractivity contribution in [3.63, 3.8) is 0 Å². The molecule has 0 saturated heterocycles. The Morgan fingerprint density at radius 3 is 2.46 bits per heavy atom. The van der Waals surface area contributed by atoms with Crippen LogP contribution in [0.5, 0.6) is 5.75 Å². The lowest BCUT2D eigenvalue weighted by molar-refractivity contribution is -0.115. The molecule has 1 atom stereocenters. The summed E-state index contributed by atoms with van der Waals surface area (Å²) in [5.41, 5.74) is 6.61. The van der Waals surface area contributed by atoms with Gasteiger partial charge in [-0.25, -0.2) is 14.8 Å². The van der Waals surface area contributed by atoms with E-state index in [1.807, 2.05) is 13.8 Å². The molecule has 28 heavy (non-hydrogen) atoms. The highest BCUT2D eigenvalue weighted by Crippen LogP contribution is 2.25. The maximum absolute atomic E-state index is 12.6. The topological polar surface area (TPSA) is 116 Å². The molecule has 0 spiro atoms. The van der Waals surface area contributed by atoms with Gasteiger partial charge < -0.3 is 20.5 Å². The first kappa shape index (κ1) is 21.5. The Kier molecular flexibility index (Phi) is 8.06. The predicted octanol–water partition coefficient (Wildman–Crippen LogP) is 3.14. The Morgan fingerprint density at radius 1 is 1.18 bits per heavy atom. The van der Waals surface area contributed by atoms with E-state index in [1.54, 1.807) is 31.2 Å². The summed E-state index contributed by atoms with van der Waals surface area (Å²) in [6.07, 6.45) is 1.89. The molecular weight excluding hydrogens is 380 g/mol. The Bertz CT molecular complexity index is 814. The van der Waals surface area contributed by atoms with Crippen LogP contribution in [0.4, 0.5) is 11.5 Å². The summed E-state index contributed by atoms with van der Waals surface area (Å²) in [7, 11) is 0. The van der Waals surface area contributed by atoms with E-state index in [0.29, 0.717) is 23.9 Å². The van der Waals surface area contributed by atoms with Crippen LogP contribution >= 0.6 is 11.8 Å².